The van der Waals surface area contributed by atoms with Crippen LogP contribution in [0.4, 0.5) is 5.69 Å². The van der Waals surface area contributed by atoms with E-state index in [0.29, 0.717) is 18.8 Å². The highest BCUT2D eigenvalue weighted by Gasteiger charge is 2.22. The Bertz CT molecular complexity index is 881. The lowest BCUT2D eigenvalue weighted by Crippen LogP contribution is -2.30. The highest BCUT2D eigenvalue weighted by atomic mass is 79.9. The van der Waals surface area contributed by atoms with Crippen LogP contribution >= 0.6 is 31.9 Å². The Balaban J connectivity index is 2.30. The molecule has 0 saturated heterocycles. The van der Waals surface area contributed by atoms with Crippen LogP contribution in [0.3, 0.4) is 0 Å². The third kappa shape index (κ3) is 4.69. The number of halogens is 2. The van der Waals surface area contributed by atoms with Crippen LogP contribution in [0, 0.1) is 0 Å². The summed E-state index contributed by atoms with van der Waals surface area (Å²) in [6, 6.07) is 11.4. The van der Waals surface area contributed by atoms with Gasteiger partial charge in [-0.2, -0.15) is 4.31 Å². The predicted molar refractivity (Wildman–Crippen MR) is 106 cm³/mol. The molecule has 0 atom stereocenters. The number of nitrogens with zero attached hydrogens (tertiary/aromatic N) is 1. The van der Waals surface area contributed by atoms with Crippen LogP contribution in [-0.4, -0.2) is 31.7 Å². The fourth-order valence-corrected chi connectivity index (χ4v) is 4.95. The molecule has 2 aromatic carbocycles. The first-order valence-corrected chi connectivity index (χ1v) is 10.7. The molecule has 0 bridgehead atoms. The number of nitrogens with one attached hydrogen (secondary N) is 1. The van der Waals surface area contributed by atoms with Crippen LogP contribution in [0.25, 0.3) is 0 Å². The van der Waals surface area contributed by atoms with Crippen molar-refractivity contribution in [3.63, 3.8) is 0 Å². The standard InChI is InChI=1S/C17H18Br2N2O3S/c1-3-21(4-2)25(23,24)14-7-5-6-12(10-14)17(22)20-16-9-8-13(18)11-15(16)19/h5-11H,3-4H2,1-2H3,(H,20,22). The molecule has 5 nitrogen and oxygen atoms in total. The zero-order chi connectivity index (χ0) is 18.6. The molecule has 0 radical (unpaired) electrons. The maximum absolute atomic E-state index is 12.6. The Hall–Kier alpha value is -1.22. The molecule has 1 amide bonds. The van der Waals surface area contributed by atoms with Gasteiger partial charge in [0, 0.05) is 27.6 Å². The van der Waals surface area contributed by atoms with Crippen LogP contribution in [-0.2, 0) is 10.0 Å². The van der Waals surface area contributed by atoms with Gasteiger partial charge in [-0.3, -0.25) is 4.79 Å². The van der Waals surface area contributed by atoms with Crippen LogP contribution in [0.15, 0.2) is 56.3 Å². The highest BCUT2D eigenvalue weighted by molar-refractivity contribution is 9.11. The average molecular weight is 490 g/mol. The molecule has 0 fully saturated rings. The number of hydrogen-bond acceptors (Lipinski definition) is 3. The SMILES string of the molecule is CCN(CC)S(=O)(=O)c1cccc(C(=O)Nc2ccc(Br)cc2Br)c1. The molecule has 0 aliphatic carbocycles. The second-order valence-electron chi connectivity index (χ2n) is 5.20. The van der Waals surface area contributed by atoms with E-state index in [-0.39, 0.29) is 16.4 Å². The number of amides is 1. The summed E-state index contributed by atoms with van der Waals surface area (Å²) in [7, 11) is -3.61. The van der Waals surface area contributed by atoms with Gasteiger partial charge < -0.3 is 5.32 Å². The number of carbonyl (C=O) groups is 1. The molecule has 0 heterocycles. The summed E-state index contributed by atoms with van der Waals surface area (Å²) in [5, 5.41) is 2.77. The van der Waals surface area contributed by atoms with Crippen molar-refractivity contribution in [1.82, 2.24) is 4.31 Å². The molecule has 1 N–H and O–H groups in total. The van der Waals surface area contributed by atoms with E-state index in [1.807, 2.05) is 12.1 Å². The number of sulfonamides is 1. The molecule has 2 rings (SSSR count). The Kier molecular flexibility index (Phi) is 6.79. The van der Waals surface area contributed by atoms with E-state index in [4.69, 9.17) is 0 Å². The minimum Gasteiger partial charge on any atom is -0.321 e. The van der Waals surface area contributed by atoms with Gasteiger partial charge in [-0.05, 0) is 52.3 Å². The summed E-state index contributed by atoms with van der Waals surface area (Å²) in [5.74, 6) is -0.375. The van der Waals surface area contributed by atoms with Gasteiger partial charge in [-0.15, -0.1) is 0 Å². The quantitative estimate of drug-likeness (QED) is 0.649. The zero-order valence-corrected chi connectivity index (χ0v) is 17.8. The number of carbonyl (C=O) groups excluding carboxylic acids is 1. The molecule has 0 aliphatic rings. The van der Waals surface area contributed by atoms with Crippen molar-refractivity contribution in [1.29, 1.82) is 0 Å². The summed E-state index contributed by atoms with van der Waals surface area (Å²) >= 11 is 6.74. The number of rotatable bonds is 6. The molecule has 0 saturated carbocycles. The summed E-state index contributed by atoms with van der Waals surface area (Å²) in [6.45, 7) is 4.31. The van der Waals surface area contributed by atoms with E-state index in [0.717, 1.165) is 8.95 Å². The number of benzene rings is 2. The summed E-state index contributed by atoms with van der Waals surface area (Å²) in [6.07, 6.45) is 0. The van der Waals surface area contributed by atoms with Crippen molar-refractivity contribution in [3.05, 3.63) is 57.0 Å². The lowest BCUT2D eigenvalue weighted by Gasteiger charge is -2.18. The van der Waals surface area contributed by atoms with Crippen molar-refractivity contribution >= 4 is 53.5 Å². The smallest absolute Gasteiger partial charge is 0.255 e. The predicted octanol–water partition coefficient (Wildman–Crippen LogP) is 4.49. The number of hydrogen-bond donors (Lipinski definition) is 1. The van der Waals surface area contributed by atoms with Crippen molar-refractivity contribution in [2.24, 2.45) is 0 Å². The molecule has 8 heteroatoms. The van der Waals surface area contributed by atoms with E-state index in [9.17, 15) is 13.2 Å². The lowest BCUT2D eigenvalue weighted by atomic mass is 10.2. The third-order valence-electron chi connectivity index (χ3n) is 3.62. The normalized spacial score (nSPS) is 11.6. The Morgan fingerprint density at radius 3 is 2.36 bits per heavy atom. The molecule has 25 heavy (non-hydrogen) atoms. The molecule has 0 spiro atoms. The monoisotopic (exact) mass is 488 g/mol. The van der Waals surface area contributed by atoms with Gasteiger partial charge in [0.2, 0.25) is 10.0 Å². The average Bonchev–Trinajstić information content (AvgIpc) is 2.58. The van der Waals surface area contributed by atoms with Crippen LogP contribution in [0.1, 0.15) is 24.2 Å². The van der Waals surface area contributed by atoms with Gasteiger partial charge >= 0.3 is 0 Å². The maximum Gasteiger partial charge on any atom is 0.255 e. The van der Waals surface area contributed by atoms with E-state index < -0.39 is 10.0 Å². The lowest BCUT2D eigenvalue weighted by molar-refractivity contribution is 0.102. The molecular formula is C17H18Br2N2O3S. The van der Waals surface area contributed by atoms with Crippen molar-refractivity contribution < 1.29 is 13.2 Å². The van der Waals surface area contributed by atoms with E-state index >= 15 is 0 Å². The molecule has 0 aliphatic heterocycles. The molecule has 2 aromatic rings. The Morgan fingerprint density at radius 1 is 1.08 bits per heavy atom. The first kappa shape index (κ1) is 20.1. The van der Waals surface area contributed by atoms with E-state index in [1.54, 1.807) is 32.0 Å². The van der Waals surface area contributed by atoms with E-state index in [1.165, 1.54) is 16.4 Å². The van der Waals surface area contributed by atoms with Gasteiger partial charge in [0.25, 0.3) is 5.91 Å². The summed E-state index contributed by atoms with van der Waals surface area (Å²) in [4.78, 5) is 12.6. The Morgan fingerprint density at radius 2 is 1.76 bits per heavy atom. The summed E-state index contributed by atoms with van der Waals surface area (Å²) < 4.78 is 28.2. The van der Waals surface area contributed by atoms with Gasteiger partial charge in [0.15, 0.2) is 0 Å². The van der Waals surface area contributed by atoms with E-state index in [2.05, 4.69) is 37.2 Å². The van der Waals surface area contributed by atoms with Crippen molar-refractivity contribution in [2.45, 2.75) is 18.7 Å². The van der Waals surface area contributed by atoms with Gasteiger partial charge in [-0.1, -0.05) is 35.8 Å². The number of anilines is 1. The second kappa shape index (κ2) is 8.44. The topological polar surface area (TPSA) is 66.5 Å². The first-order valence-electron chi connectivity index (χ1n) is 7.66. The maximum atomic E-state index is 12.6. The van der Waals surface area contributed by atoms with Crippen molar-refractivity contribution in [2.75, 3.05) is 18.4 Å². The fourth-order valence-electron chi connectivity index (χ4n) is 2.30. The molecular weight excluding hydrogens is 472 g/mol. The summed E-state index contributed by atoms with van der Waals surface area (Å²) in [5.41, 5.74) is 0.883. The second-order valence-corrected chi connectivity index (χ2v) is 8.90. The third-order valence-corrected chi connectivity index (χ3v) is 6.81. The van der Waals surface area contributed by atoms with Gasteiger partial charge in [-0.25, -0.2) is 8.42 Å². The van der Waals surface area contributed by atoms with Gasteiger partial charge in [0.05, 0.1) is 10.6 Å². The molecule has 134 valence electrons. The van der Waals surface area contributed by atoms with Crippen LogP contribution < -0.4 is 5.32 Å². The highest BCUT2D eigenvalue weighted by Crippen LogP contribution is 2.27. The van der Waals surface area contributed by atoms with Crippen LogP contribution in [0.5, 0.6) is 0 Å². The largest absolute Gasteiger partial charge is 0.321 e. The van der Waals surface area contributed by atoms with Crippen molar-refractivity contribution in [3.8, 4) is 0 Å². The zero-order valence-electron chi connectivity index (χ0n) is 13.8. The Labute approximate surface area is 164 Å². The van der Waals surface area contributed by atoms with Crippen LogP contribution in [0.2, 0.25) is 0 Å². The molecule has 0 aromatic heterocycles. The van der Waals surface area contributed by atoms with Gasteiger partial charge in [0.1, 0.15) is 0 Å². The molecule has 0 unspecified atom stereocenters. The minimum absolute atomic E-state index is 0.110. The minimum atomic E-state index is -3.61. The first-order chi connectivity index (χ1) is 11.8. The fraction of sp³-hybridized carbons (Fsp3) is 0.235.